The lowest BCUT2D eigenvalue weighted by Crippen LogP contribution is -3.00. The zero-order chi connectivity index (χ0) is 11.5. The highest BCUT2D eigenvalue weighted by molar-refractivity contribution is 5.79. The molecule has 0 aliphatic carbocycles. The van der Waals surface area contributed by atoms with Crippen LogP contribution < -0.4 is 33.4 Å². The predicted molar refractivity (Wildman–Crippen MR) is 65.5 cm³/mol. The Morgan fingerprint density at radius 3 is 2.76 bits per heavy atom. The van der Waals surface area contributed by atoms with E-state index >= 15 is 0 Å². The maximum Gasteiger partial charge on any atom is 0.214 e. The first-order valence-corrected chi connectivity index (χ1v) is 5.43. The van der Waals surface area contributed by atoms with Crippen molar-refractivity contribution in [1.29, 1.82) is 0 Å². The Labute approximate surface area is 119 Å². The third-order valence-corrected chi connectivity index (χ3v) is 2.86. The fourth-order valence-electron chi connectivity index (χ4n) is 1.85. The van der Waals surface area contributed by atoms with Gasteiger partial charge in [-0.3, -0.25) is 0 Å². The molecule has 0 aliphatic rings. The van der Waals surface area contributed by atoms with E-state index in [9.17, 15) is 0 Å². The van der Waals surface area contributed by atoms with Gasteiger partial charge < -0.3 is 34.0 Å². The standard InChI is InChI=1S/C13H17N2O.HI/c1-14(8-9-16)12-6-5-11-4-3-7-15(2)13(11)10-12;/h3-7,10,16H,8-9H2,1-2H3;1H/q+1;/p-1. The Morgan fingerprint density at radius 2 is 2.06 bits per heavy atom. The predicted octanol–water partition coefficient (Wildman–Crippen LogP) is -1.90. The number of rotatable bonds is 3. The second kappa shape index (κ2) is 6.16. The van der Waals surface area contributed by atoms with E-state index < -0.39 is 0 Å². The zero-order valence-corrected chi connectivity index (χ0v) is 12.3. The van der Waals surface area contributed by atoms with Gasteiger partial charge in [-0.05, 0) is 18.2 Å². The fourth-order valence-corrected chi connectivity index (χ4v) is 1.85. The first kappa shape index (κ1) is 14.2. The van der Waals surface area contributed by atoms with E-state index in [0.717, 1.165) is 5.69 Å². The average molecular weight is 344 g/mol. The number of aliphatic hydroxyl groups is 1. The zero-order valence-electron chi connectivity index (χ0n) is 10.1. The number of fused-ring (bicyclic) bond motifs is 1. The summed E-state index contributed by atoms with van der Waals surface area (Å²) < 4.78 is 2.10. The molecule has 1 aromatic heterocycles. The maximum atomic E-state index is 8.92. The van der Waals surface area contributed by atoms with Gasteiger partial charge in [0.1, 0.15) is 7.05 Å². The summed E-state index contributed by atoms with van der Waals surface area (Å²) in [6, 6.07) is 10.5. The number of anilines is 1. The van der Waals surface area contributed by atoms with Crippen molar-refractivity contribution in [3.05, 3.63) is 36.5 Å². The summed E-state index contributed by atoms with van der Waals surface area (Å²) >= 11 is 0. The van der Waals surface area contributed by atoms with Crippen molar-refractivity contribution in [2.75, 3.05) is 25.1 Å². The van der Waals surface area contributed by atoms with Crippen LogP contribution >= 0.6 is 0 Å². The van der Waals surface area contributed by atoms with E-state index in [1.165, 1.54) is 10.9 Å². The van der Waals surface area contributed by atoms with Crippen molar-refractivity contribution in [3.8, 4) is 0 Å². The van der Waals surface area contributed by atoms with Gasteiger partial charge in [0.25, 0.3) is 0 Å². The van der Waals surface area contributed by atoms with Crippen molar-refractivity contribution in [3.63, 3.8) is 0 Å². The van der Waals surface area contributed by atoms with Crippen LogP contribution in [0.4, 0.5) is 5.69 Å². The highest BCUT2D eigenvalue weighted by atomic mass is 127. The third-order valence-electron chi connectivity index (χ3n) is 2.86. The Balaban J connectivity index is 0.00000144. The van der Waals surface area contributed by atoms with Crippen LogP contribution in [0.5, 0.6) is 0 Å². The van der Waals surface area contributed by atoms with E-state index in [1.54, 1.807) is 0 Å². The third kappa shape index (κ3) is 3.07. The molecule has 0 bridgehead atoms. The number of pyridine rings is 1. The van der Waals surface area contributed by atoms with Crippen molar-refractivity contribution >= 4 is 16.6 Å². The van der Waals surface area contributed by atoms with E-state index in [-0.39, 0.29) is 30.6 Å². The van der Waals surface area contributed by atoms with Gasteiger partial charge in [0.15, 0.2) is 6.20 Å². The summed E-state index contributed by atoms with van der Waals surface area (Å²) in [6.45, 7) is 0.831. The van der Waals surface area contributed by atoms with Gasteiger partial charge >= 0.3 is 0 Å². The number of likely N-dealkylation sites (N-methyl/N-ethyl adjacent to an activating group) is 1. The molecule has 0 amide bonds. The fraction of sp³-hybridized carbons (Fsp3) is 0.308. The molecule has 1 aromatic carbocycles. The number of hydrogen-bond donors (Lipinski definition) is 1. The Hall–Kier alpha value is -0.880. The molecule has 3 nitrogen and oxygen atoms in total. The van der Waals surface area contributed by atoms with Crippen LogP contribution in [0.2, 0.25) is 0 Å². The van der Waals surface area contributed by atoms with E-state index in [4.69, 9.17) is 5.11 Å². The van der Waals surface area contributed by atoms with E-state index in [0.29, 0.717) is 6.54 Å². The number of benzene rings is 1. The minimum atomic E-state index is 0. The van der Waals surface area contributed by atoms with Crippen LogP contribution in [0, 0.1) is 0 Å². The molecule has 0 unspecified atom stereocenters. The number of aromatic nitrogens is 1. The summed E-state index contributed by atoms with van der Waals surface area (Å²) in [5.74, 6) is 0. The minimum Gasteiger partial charge on any atom is -1.00 e. The molecule has 0 radical (unpaired) electrons. The lowest BCUT2D eigenvalue weighted by atomic mass is 10.2. The summed E-state index contributed by atoms with van der Waals surface area (Å²) in [4.78, 5) is 2.05. The van der Waals surface area contributed by atoms with Crippen molar-refractivity contribution in [1.82, 2.24) is 0 Å². The van der Waals surface area contributed by atoms with E-state index in [1.807, 2.05) is 31.3 Å². The van der Waals surface area contributed by atoms with Gasteiger partial charge in [-0.15, -0.1) is 0 Å². The molecule has 1 N–H and O–H groups in total. The summed E-state index contributed by atoms with van der Waals surface area (Å²) in [5, 5.41) is 10.1. The molecule has 17 heavy (non-hydrogen) atoms. The Bertz CT molecular complexity index is 502. The molecule has 4 heteroatoms. The van der Waals surface area contributed by atoms with Crippen LogP contribution in [-0.4, -0.2) is 25.3 Å². The minimum absolute atomic E-state index is 0. The van der Waals surface area contributed by atoms with Gasteiger partial charge in [0.2, 0.25) is 5.52 Å². The number of hydrogen-bond acceptors (Lipinski definition) is 2. The number of aryl methyl sites for hydroxylation is 1. The van der Waals surface area contributed by atoms with Crippen LogP contribution in [0.3, 0.4) is 0 Å². The lowest BCUT2D eigenvalue weighted by Gasteiger charge is -2.17. The second-order valence-electron chi connectivity index (χ2n) is 4.01. The van der Waals surface area contributed by atoms with Gasteiger partial charge in [0.05, 0.1) is 6.61 Å². The van der Waals surface area contributed by atoms with Crippen molar-refractivity contribution < 1.29 is 33.7 Å². The molecule has 0 aliphatic heterocycles. The SMILES string of the molecule is CN(CCO)c1ccc2ccc[n+](C)c2c1.[I-]. The molecule has 0 fully saturated rings. The number of nitrogens with zero attached hydrogens (tertiary/aromatic N) is 2. The van der Waals surface area contributed by atoms with Crippen LogP contribution in [0.25, 0.3) is 10.9 Å². The molecule has 0 saturated heterocycles. The molecule has 0 saturated carbocycles. The van der Waals surface area contributed by atoms with Crippen molar-refractivity contribution in [2.24, 2.45) is 7.05 Å². The summed E-state index contributed by atoms with van der Waals surface area (Å²) in [7, 11) is 4.03. The molecule has 0 spiro atoms. The number of halogens is 1. The Morgan fingerprint density at radius 1 is 1.29 bits per heavy atom. The molecule has 92 valence electrons. The van der Waals surface area contributed by atoms with Crippen LogP contribution in [-0.2, 0) is 7.05 Å². The topological polar surface area (TPSA) is 27.3 Å². The first-order chi connectivity index (χ1) is 7.72. The summed E-state index contributed by atoms with van der Waals surface area (Å²) in [5.41, 5.74) is 2.33. The number of aliphatic hydroxyl groups excluding tert-OH is 1. The van der Waals surface area contributed by atoms with Gasteiger partial charge in [-0.25, -0.2) is 4.57 Å². The lowest BCUT2D eigenvalue weighted by molar-refractivity contribution is -0.644. The van der Waals surface area contributed by atoms with E-state index in [2.05, 4.69) is 28.8 Å². The molecular formula is C13H17IN2O. The highest BCUT2D eigenvalue weighted by Gasteiger charge is 2.07. The molecule has 2 aromatic rings. The van der Waals surface area contributed by atoms with Gasteiger partial charge in [-0.2, -0.15) is 0 Å². The normalized spacial score (nSPS) is 10.1. The van der Waals surface area contributed by atoms with Gasteiger partial charge in [-0.1, -0.05) is 0 Å². The largest absolute Gasteiger partial charge is 1.00 e. The quantitative estimate of drug-likeness (QED) is 0.520. The monoisotopic (exact) mass is 344 g/mol. The highest BCUT2D eigenvalue weighted by Crippen LogP contribution is 2.18. The van der Waals surface area contributed by atoms with Crippen LogP contribution in [0.15, 0.2) is 36.5 Å². The first-order valence-electron chi connectivity index (χ1n) is 5.43. The molecule has 0 atom stereocenters. The molecular weight excluding hydrogens is 327 g/mol. The Kier molecular flexibility index (Phi) is 5.14. The molecule has 2 rings (SSSR count). The smallest absolute Gasteiger partial charge is 0.214 e. The molecule has 1 heterocycles. The summed E-state index contributed by atoms with van der Waals surface area (Å²) in [6.07, 6.45) is 2.04. The van der Waals surface area contributed by atoms with Crippen LogP contribution in [0.1, 0.15) is 0 Å². The second-order valence-corrected chi connectivity index (χ2v) is 4.01. The average Bonchev–Trinajstić information content (AvgIpc) is 2.29. The van der Waals surface area contributed by atoms with Crippen molar-refractivity contribution in [2.45, 2.75) is 0 Å². The maximum absolute atomic E-state index is 8.92. The van der Waals surface area contributed by atoms with Gasteiger partial charge in [0, 0.05) is 36.8 Å².